The summed E-state index contributed by atoms with van der Waals surface area (Å²) in [5, 5.41) is 1.13. The molecule has 2 aromatic carbocycles. The first kappa shape index (κ1) is 16.3. The molecule has 0 spiro atoms. The molecule has 2 aromatic rings. The zero-order chi connectivity index (χ0) is 16.4. The minimum absolute atomic E-state index is 0.133. The zero-order valence-electron chi connectivity index (χ0n) is 12.5. The summed E-state index contributed by atoms with van der Waals surface area (Å²) in [4.78, 5) is 12.9. The number of hydrogen-bond donors (Lipinski definition) is 1. The van der Waals surface area contributed by atoms with Crippen LogP contribution in [0.4, 0.5) is 0 Å². The number of nitrogens with two attached hydrogens (primary N) is 1. The minimum atomic E-state index is -1.10. The predicted molar refractivity (Wildman–Crippen MR) is 92.0 cm³/mol. The van der Waals surface area contributed by atoms with E-state index in [1.165, 1.54) is 0 Å². The van der Waals surface area contributed by atoms with Gasteiger partial charge in [-0.3, -0.25) is 4.79 Å². The Morgan fingerprint density at radius 3 is 2.48 bits per heavy atom. The van der Waals surface area contributed by atoms with Crippen LogP contribution in [-0.4, -0.2) is 11.9 Å². The van der Waals surface area contributed by atoms with Crippen molar-refractivity contribution in [3.05, 3.63) is 64.1 Å². The summed E-state index contributed by atoms with van der Waals surface area (Å²) in [6, 6.07) is 14.2. The number of carbonyl (C=O) groups is 1. The summed E-state index contributed by atoms with van der Waals surface area (Å²) in [5.41, 5.74) is 6.02. The number of benzene rings is 2. The molecule has 120 valence electrons. The molecule has 0 bridgehead atoms. The summed E-state index contributed by atoms with van der Waals surface area (Å²) < 4.78 is 5.85. The maximum Gasteiger partial charge on any atom is 0.197 e. The first-order valence-electron chi connectivity index (χ1n) is 7.51. The topological polar surface area (TPSA) is 52.3 Å². The van der Waals surface area contributed by atoms with Gasteiger partial charge in [0, 0.05) is 10.0 Å². The Labute approximate surface area is 145 Å². The van der Waals surface area contributed by atoms with Gasteiger partial charge in [-0.1, -0.05) is 41.4 Å². The SMILES string of the molecule is N[C@]1(c2ccccc2Cl)CCC[C@@H](Oc2ccc(Cl)cc2)C1=O. The molecule has 0 heterocycles. The fourth-order valence-corrected chi connectivity index (χ4v) is 3.42. The lowest BCUT2D eigenvalue weighted by Crippen LogP contribution is -2.54. The number of rotatable bonds is 3. The van der Waals surface area contributed by atoms with Crippen LogP contribution in [0.3, 0.4) is 0 Å². The lowest BCUT2D eigenvalue weighted by molar-refractivity contribution is -0.134. The third-order valence-electron chi connectivity index (χ3n) is 4.22. The molecule has 0 unspecified atom stereocenters. The highest BCUT2D eigenvalue weighted by molar-refractivity contribution is 6.32. The average molecular weight is 350 g/mol. The molecule has 0 amide bonds. The Balaban J connectivity index is 1.86. The van der Waals surface area contributed by atoms with Crippen molar-refractivity contribution in [1.29, 1.82) is 0 Å². The van der Waals surface area contributed by atoms with Crippen LogP contribution >= 0.6 is 23.2 Å². The molecular weight excluding hydrogens is 333 g/mol. The first-order valence-corrected chi connectivity index (χ1v) is 8.27. The minimum Gasteiger partial charge on any atom is -0.483 e. The van der Waals surface area contributed by atoms with E-state index >= 15 is 0 Å². The second-order valence-corrected chi connectivity index (χ2v) is 6.61. The largest absolute Gasteiger partial charge is 0.483 e. The molecule has 2 N–H and O–H groups in total. The van der Waals surface area contributed by atoms with Gasteiger partial charge in [0.05, 0.1) is 0 Å². The molecule has 0 radical (unpaired) electrons. The quantitative estimate of drug-likeness (QED) is 0.896. The van der Waals surface area contributed by atoms with Gasteiger partial charge in [-0.05, 0) is 55.2 Å². The van der Waals surface area contributed by atoms with E-state index in [0.29, 0.717) is 34.2 Å². The summed E-state index contributed by atoms with van der Waals surface area (Å²) in [6.07, 6.45) is 1.43. The molecule has 3 nitrogen and oxygen atoms in total. The lowest BCUT2D eigenvalue weighted by Gasteiger charge is -2.37. The third kappa shape index (κ3) is 3.23. The molecule has 1 saturated carbocycles. The van der Waals surface area contributed by atoms with Gasteiger partial charge in [0.1, 0.15) is 11.3 Å². The van der Waals surface area contributed by atoms with Crippen LogP contribution in [0.1, 0.15) is 24.8 Å². The molecular formula is C18H17Cl2NO2. The fourth-order valence-electron chi connectivity index (χ4n) is 2.99. The highest BCUT2D eigenvalue weighted by atomic mass is 35.5. The van der Waals surface area contributed by atoms with Crippen LogP contribution in [0.15, 0.2) is 48.5 Å². The Hall–Kier alpha value is -1.55. The fraction of sp³-hybridized carbons (Fsp3) is 0.278. The molecule has 3 rings (SSSR count). The van der Waals surface area contributed by atoms with Gasteiger partial charge in [-0.2, -0.15) is 0 Å². The van der Waals surface area contributed by atoms with Crippen molar-refractivity contribution in [2.45, 2.75) is 30.9 Å². The molecule has 23 heavy (non-hydrogen) atoms. The van der Waals surface area contributed by atoms with Crippen molar-refractivity contribution in [3.8, 4) is 5.75 Å². The molecule has 1 fully saturated rings. The van der Waals surface area contributed by atoms with Gasteiger partial charge in [0.2, 0.25) is 0 Å². The zero-order valence-corrected chi connectivity index (χ0v) is 14.0. The second kappa shape index (κ2) is 6.52. The van der Waals surface area contributed by atoms with E-state index in [1.54, 1.807) is 30.3 Å². The monoisotopic (exact) mass is 349 g/mol. The van der Waals surface area contributed by atoms with Gasteiger partial charge in [-0.15, -0.1) is 0 Å². The number of carbonyl (C=O) groups excluding carboxylic acids is 1. The van der Waals surface area contributed by atoms with E-state index in [4.69, 9.17) is 33.7 Å². The van der Waals surface area contributed by atoms with Crippen LogP contribution < -0.4 is 10.5 Å². The van der Waals surface area contributed by atoms with Crippen LogP contribution in [0.5, 0.6) is 5.75 Å². The Bertz CT molecular complexity index is 717. The van der Waals surface area contributed by atoms with Crippen molar-refractivity contribution in [1.82, 2.24) is 0 Å². The molecule has 1 aliphatic carbocycles. The van der Waals surface area contributed by atoms with Crippen molar-refractivity contribution in [3.63, 3.8) is 0 Å². The number of Topliss-reactive ketones (excluding diaryl/α,β-unsaturated/α-hetero) is 1. The summed E-state index contributed by atoms with van der Waals surface area (Å²) >= 11 is 12.1. The average Bonchev–Trinajstić information content (AvgIpc) is 2.54. The van der Waals surface area contributed by atoms with E-state index in [0.717, 1.165) is 6.42 Å². The normalized spacial score (nSPS) is 24.5. The second-order valence-electron chi connectivity index (χ2n) is 5.77. The highest BCUT2D eigenvalue weighted by Gasteiger charge is 2.45. The summed E-state index contributed by atoms with van der Waals surface area (Å²) in [6.45, 7) is 0. The third-order valence-corrected chi connectivity index (χ3v) is 4.80. The number of halogens is 2. The van der Waals surface area contributed by atoms with E-state index in [-0.39, 0.29) is 5.78 Å². The van der Waals surface area contributed by atoms with Gasteiger partial charge >= 0.3 is 0 Å². The number of ether oxygens (including phenoxy) is 1. The molecule has 2 atom stereocenters. The van der Waals surface area contributed by atoms with Crippen molar-refractivity contribution >= 4 is 29.0 Å². The summed E-state index contributed by atoms with van der Waals surface area (Å²) in [7, 11) is 0. The van der Waals surface area contributed by atoms with Gasteiger partial charge in [-0.25, -0.2) is 0 Å². The van der Waals surface area contributed by atoms with E-state index < -0.39 is 11.6 Å². The van der Waals surface area contributed by atoms with Crippen LogP contribution in [0, 0.1) is 0 Å². The van der Waals surface area contributed by atoms with Gasteiger partial charge < -0.3 is 10.5 Å². The molecule has 0 aromatic heterocycles. The standard InChI is InChI=1S/C18H17Cl2NO2/c19-12-7-9-13(10-8-12)23-16-6-3-11-18(21,17(16)22)14-4-1-2-5-15(14)20/h1-2,4-5,7-10,16H,3,6,11,21H2/t16-,18+/m1/s1. The molecule has 0 saturated heterocycles. The Morgan fingerprint density at radius 2 is 1.78 bits per heavy atom. The lowest BCUT2D eigenvalue weighted by atomic mass is 9.75. The maximum absolute atomic E-state index is 12.9. The van der Waals surface area contributed by atoms with Crippen LogP contribution in [-0.2, 0) is 10.3 Å². The van der Waals surface area contributed by atoms with Crippen molar-refractivity contribution in [2.24, 2.45) is 5.73 Å². The van der Waals surface area contributed by atoms with Crippen LogP contribution in [0.25, 0.3) is 0 Å². The van der Waals surface area contributed by atoms with E-state index in [2.05, 4.69) is 0 Å². The number of hydrogen-bond acceptors (Lipinski definition) is 3. The van der Waals surface area contributed by atoms with Gasteiger partial charge in [0.15, 0.2) is 11.9 Å². The van der Waals surface area contributed by atoms with E-state index in [9.17, 15) is 4.79 Å². The highest BCUT2D eigenvalue weighted by Crippen LogP contribution is 2.37. The molecule has 5 heteroatoms. The Kier molecular flexibility index (Phi) is 4.62. The van der Waals surface area contributed by atoms with E-state index in [1.807, 2.05) is 18.2 Å². The number of ketones is 1. The maximum atomic E-state index is 12.9. The molecule has 0 aliphatic heterocycles. The smallest absolute Gasteiger partial charge is 0.197 e. The first-order chi connectivity index (χ1) is 11.0. The molecule has 1 aliphatic rings. The summed E-state index contributed by atoms with van der Waals surface area (Å²) in [5.74, 6) is 0.475. The van der Waals surface area contributed by atoms with Crippen LogP contribution in [0.2, 0.25) is 10.0 Å². The Morgan fingerprint density at radius 1 is 1.09 bits per heavy atom. The predicted octanol–water partition coefficient (Wildman–Crippen LogP) is 4.35. The van der Waals surface area contributed by atoms with Crippen molar-refractivity contribution < 1.29 is 9.53 Å². The van der Waals surface area contributed by atoms with Gasteiger partial charge in [0.25, 0.3) is 0 Å². The van der Waals surface area contributed by atoms with Crippen molar-refractivity contribution in [2.75, 3.05) is 0 Å².